The van der Waals surface area contributed by atoms with Crippen LogP contribution >= 0.6 is 12.4 Å². The summed E-state index contributed by atoms with van der Waals surface area (Å²) in [5, 5.41) is 2.80. The zero-order valence-corrected chi connectivity index (χ0v) is 16.7. The summed E-state index contributed by atoms with van der Waals surface area (Å²) in [5.41, 5.74) is 6.96. The van der Waals surface area contributed by atoms with E-state index in [4.69, 9.17) is 5.73 Å². The number of hydrogen-bond donors (Lipinski definition) is 2. The van der Waals surface area contributed by atoms with Gasteiger partial charge in [-0.15, -0.1) is 12.4 Å². The first-order chi connectivity index (χ1) is 12.4. The van der Waals surface area contributed by atoms with E-state index in [1.165, 1.54) is 35.6 Å². The standard InChI is InChI=1S/C19H23N3O3S.ClH/c1-22(16-5-3-2-4-6-16)26(24,25)17-11-9-15(10-12-17)19(23)21-13-18(20)14-7-8-14;/h2-6,9-12,14,18H,7-8,13,20H2,1H3,(H,21,23);1H. The third-order valence-corrected chi connectivity index (χ3v) is 6.42. The van der Waals surface area contributed by atoms with Crippen molar-refractivity contribution in [2.75, 3.05) is 17.9 Å². The molecule has 1 saturated carbocycles. The summed E-state index contributed by atoms with van der Waals surface area (Å²) < 4.78 is 26.7. The van der Waals surface area contributed by atoms with E-state index in [9.17, 15) is 13.2 Å². The van der Waals surface area contributed by atoms with Crippen molar-refractivity contribution >= 4 is 34.0 Å². The summed E-state index contributed by atoms with van der Waals surface area (Å²) in [7, 11) is -2.18. The SMILES string of the molecule is CN(c1ccccc1)S(=O)(=O)c1ccc(C(=O)NCC(N)C2CC2)cc1.Cl. The van der Waals surface area contributed by atoms with Gasteiger partial charge in [0.25, 0.3) is 15.9 Å². The van der Waals surface area contributed by atoms with E-state index in [2.05, 4.69) is 5.32 Å². The highest BCUT2D eigenvalue weighted by Gasteiger charge is 2.28. The summed E-state index contributed by atoms with van der Waals surface area (Å²) in [6.45, 7) is 0.431. The second-order valence-corrected chi connectivity index (χ2v) is 8.51. The Bertz CT molecular complexity index is 869. The zero-order chi connectivity index (χ0) is 18.7. The average molecular weight is 410 g/mol. The smallest absolute Gasteiger partial charge is 0.264 e. The normalized spacial score (nSPS) is 14.7. The van der Waals surface area contributed by atoms with Crippen LogP contribution in [0.25, 0.3) is 0 Å². The first kappa shape index (κ1) is 21.2. The Morgan fingerprint density at radius 3 is 2.30 bits per heavy atom. The van der Waals surface area contributed by atoms with Crippen LogP contribution in [-0.4, -0.2) is 34.0 Å². The van der Waals surface area contributed by atoms with E-state index in [1.54, 1.807) is 24.3 Å². The van der Waals surface area contributed by atoms with Crippen LogP contribution in [0.15, 0.2) is 59.5 Å². The van der Waals surface area contributed by atoms with Crippen LogP contribution in [0.4, 0.5) is 5.69 Å². The molecule has 0 saturated heterocycles. The van der Waals surface area contributed by atoms with Crippen molar-refractivity contribution in [2.24, 2.45) is 11.7 Å². The van der Waals surface area contributed by atoms with E-state index in [0.29, 0.717) is 23.7 Å². The fourth-order valence-electron chi connectivity index (χ4n) is 2.72. The van der Waals surface area contributed by atoms with Crippen molar-refractivity contribution in [3.8, 4) is 0 Å². The third-order valence-electron chi connectivity index (χ3n) is 4.62. The molecule has 6 nitrogen and oxygen atoms in total. The number of nitrogens with two attached hydrogens (primary N) is 1. The Labute approximate surface area is 166 Å². The van der Waals surface area contributed by atoms with E-state index in [1.807, 2.05) is 6.07 Å². The molecule has 8 heteroatoms. The predicted molar refractivity (Wildman–Crippen MR) is 109 cm³/mol. The number of nitrogens with zero attached hydrogens (tertiary/aromatic N) is 1. The van der Waals surface area contributed by atoms with E-state index in [0.717, 1.165) is 12.8 Å². The first-order valence-electron chi connectivity index (χ1n) is 8.57. The molecule has 1 aliphatic rings. The van der Waals surface area contributed by atoms with Gasteiger partial charge in [0.05, 0.1) is 10.6 Å². The van der Waals surface area contributed by atoms with Crippen molar-refractivity contribution in [2.45, 2.75) is 23.8 Å². The first-order valence-corrected chi connectivity index (χ1v) is 10.0. The number of carbonyl (C=O) groups excluding carboxylic acids is 1. The minimum absolute atomic E-state index is 0. The largest absolute Gasteiger partial charge is 0.350 e. The predicted octanol–water partition coefficient (Wildman–Crippen LogP) is 2.40. The van der Waals surface area contributed by atoms with Crippen molar-refractivity contribution in [1.29, 1.82) is 0 Å². The number of benzene rings is 2. The molecule has 1 amide bonds. The highest BCUT2D eigenvalue weighted by Crippen LogP contribution is 2.31. The van der Waals surface area contributed by atoms with E-state index < -0.39 is 10.0 Å². The molecule has 1 fully saturated rings. The number of hydrogen-bond acceptors (Lipinski definition) is 4. The molecule has 2 aromatic carbocycles. The number of sulfonamides is 1. The Morgan fingerprint density at radius 1 is 1.15 bits per heavy atom. The summed E-state index contributed by atoms with van der Waals surface area (Å²) in [6.07, 6.45) is 2.25. The molecular weight excluding hydrogens is 386 g/mol. The number of rotatable bonds is 7. The number of carbonyl (C=O) groups is 1. The lowest BCUT2D eigenvalue weighted by Crippen LogP contribution is -2.38. The maximum atomic E-state index is 12.7. The zero-order valence-electron chi connectivity index (χ0n) is 15.0. The Morgan fingerprint density at radius 2 is 1.74 bits per heavy atom. The molecule has 0 aliphatic heterocycles. The molecule has 0 aromatic heterocycles. The molecule has 1 unspecified atom stereocenters. The lowest BCUT2D eigenvalue weighted by Gasteiger charge is -2.19. The van der Waals surface area contributed by atoms with Crippen molar-refractivity contribution in [3.05, 3.63) is 60.2 Å². The lowest BCUT2D eigenvalue weighted by atomic mass is 10.2. The maximum Gasteiger partial charge on any atom is 0.264 e. The topological polar surface area (TPSA) is 92.5 Å². The quantitative estimate of drug-likeness (QED) is 0.734. The molecular formula is C19H24ClN3O3S. The van der Waals surface area contributed by atoms with Crippen LogP contribution in [0, 0.1) is 5.92 Å². The van der Waals surface area contributed by atoms with Crippen molar-refractivity contribution < 1.29 is 13.2 Å². The number of anilines is 1. The fourth-order valence-corrected chi connectivity index (χ4v) is 3.91. The average Bonchev–Trinajstić information content (AvgIpc) is 3.51. The summed E-state index contributed by atoms with van der Waals surface area (Å²) in [5.74, 6) is 0.262. The molecule has 0 radical (unpaired) electrons. The molecule has 2 aromatic rings. The third kappa shape index (κ3) is 5.00. The molecule has 0 bridgehead atoms. The van der Waals surface area contributed by atoms with Crippen LogP contribution in [0.2, 0.25) is 0 Å². The monoisotopic (exact) mass is 409 g/mol. The van der Waals surface area contributed by atoms with Gasteiger partial charge in [-0.25, -0.2) is 8.42 Å². The van der Waals surface area contributed by atoms with Crippen LogP contribution in [-0.2, 0) is 10.0 Å². The molecule has 27 heavy (non-hydrogen) atoms. The minimum Gasteiger partial charge on any atom is -0.350 e. The van der Waals surface area contributed by atoms with Crippen LogP contribution in [0.3, 0.4) is 0 Å². The molecule has 1 aliphatic carbocycles. The van der Waals surface area contributed by atoms with Gasteiger partial charge in [-0.05, 0) is 55.2 Å². The van der Waals surface area contributed by atoms with Gasteiger partial charge in [-0.2, -0.15) is 0 Å². The summed E-state index contributed by atoms with van der Waals surface area (Å²) in [6, 6.07) is 14.8. The van der Waals surface area contributed by atoms with Crippen molar-refractivity contribution in [3.63, 3.8) is 0 Å². The number of halogens is 1. The number of amides is 1. The van der Waals surface area contributed by atoms with Crippen LogP contribution in [0.5, 0.6) is 0 Å². The Kier molecular flexibility index (Phi) is 6.86. The number of nitrogens with one attached hydrogen (secondary N) is 1. The summed E-state index contributed by atoms with van der Waals surface area (Å²) >= 11 is 0. The Balaban J connectivity index is 0.00000261. The second kappa shape index (κ2) is 8.73. The van der Waals surface area contributed by atoms with Gasteiger partial charge in [0.2, 0.25) is 0 Å². The summed E-state index contributed by atoms with van der Waals surface area (Å²) in [4.78, 5) is 12.3. The van der Waals surface area contributed by atoms with Gasteiger partial charge < -0.3 is 11.1 Å². The number of para-hydroxylation sites is 1. The van der Waals surface area contributed by atoms with Gasteiger partial charge >= 0.3 is 0 Å². The fraction of sp³-hybridized carbons (Fsp3) is 0.316. The van der Waals surface area contributed by atoms with Gasteiger partial charge in [0, 0.05) is 25.2 Å². The van der Waals surface area contributed by atoms with Gasteiger partial charge in [-0.3, -0.25) is 9.10 Å². The molecule has 3 rings (SSSR count). The molecule has 0 heterocycles. The van der Waals surface area contributed by atoms with Crippen molar-refractivity contribution in [1.82, 2.24) is 5.32 Å². The minimum atomic E-state index is -3.68. The van der Waals surface area contributed by atoms with Crippen LogP contribution in [0.1, 0.15) is 23.2 Å². The lowest BCUT2D eigenvalue weighted by molar-refractivity contribution is 0.0950. The highest BCUT2D eigenvalue weighted by molar-refractivity contribution is 7.92. The van der Waals surface area contributed by atoms with E-state index in [-0.39, 0.29) is 29.3 Å². The second-order valence-electron chi connectivity index (χ2n) is 6.54. The molecule has 1 atom stereocenters. The maximum absolute atomic E-state index is 12.7. The molecule has 0 spiro atoms. The van der Waals surface area contributed by atoms with Gasteiger partial charge in [-0.1, -0.05) is 18.2 Å². The Hall–Kier alpha value is -2.09. The van der Waals surface area contributed by atoms with Gasteiger partial charge in [0.1, 0.15) is 0 Å². The molecule has 3 N–H and O–H groups in total. The van der Waals surface area contributed by atoms with Crippen LogP contribution < -0.4 is 15.4 Å². The highest BCUT2D eigenvalue weighted by atomic mass is 35.5. The van der Waals surface area contributed by atoms with E-state index >= 15 is 0 Å². The molecule has 146 valence electrons. The van der Waals surface area contributed by atoms with Gasteiger partial charge in [0.15, 0.2) is 0 Å².